The van der Waals surface area contributed by atoms with Crippen LogP contribution in [0.15, 0.2) is 42.5 Å². The molecule has 5 heteroatoms. The van der Waals surface area contributed by atoms with E-state index >= 15 is 0 Å². The van der Waals surface area contributed by atoms with Gasteiger partial charge >= 0.3 is 0 Å². The maximum absolute atomic E-state index is 13.4. The van der Waals surface area contributed by atoms with Crippen molar-refractivity contribution in [2.75, 3.05) is 0 Å². The van der Waals surface area contributed by atoms with Crippen LogP contribution in [0.4, 0.5) is 8.78 Å². The Hall–Kier alpha value is -2.27. The number of carbonyl (C=O) groups is 1. The van der Waals surface area contributed by atoms with Crippen LogP contribution in [0.2, 0.25) is 0 Å². The summed E-state index contributed by atoms with van der Waals surface area (Å²) in [6, 6.07) is 9.50. The van der Waals surface area contributed by atoms with Crippen LogP contribution in [0.25, 0.3) is 0 Å². The molecule has 2 rings (SSSR count). The van der Waals surface area contributed by atoms with E-state index in [9.17, 15) is 13.6 Å². The van der Waals surface area contributed by atoms with E-state index in [-0.39, 0.29) is 12.1 Å². The SMILES string of the molecule is Cc1ccc(C(N)C(=O)NCc2cc(F)ccc2F)cc1. The van der Waals surface area contributed by atoms with Gasteiger partial charge in [-0.15, -0.1) is 0 Å². The van der Waals surface area contributed by atoms with Crippen LogP contribution in [0, 0.1) is 18.6 Å². The molecule has 3 N–H and O–H groups in total. The normalized spacial score (nSPS) is 12.0. The van der Waals surface area contributed by atoms with Gasteiger partial charge in [-0.3, -0.25) is 4.79 Å². The zero-order valence-corrected chi connectivity index (χ0v) is 11.6. The molecule has 1 unspecified atom stereocenters. The van der Waals surface area contributed by atoms with Crippen LogP contribution < -0.4 is 11.1 Å². The molecular weight excluding hydrogens is 274 g/mol. The molecular formula is C16H16F2N2O. The molecule has 0 aliphatic heterocycles. The van der Waals surface area contributed by atoms with Gasteiger partial charge in [0, 0.05) is 12.1 Å². The van der Waals surface area contributed by atoms with Crippen molar-refractivity contribution in [1.29, 1.82) is 0 Å². The van der Waals surface area contributed by atoms with E-state index in [1.165, 1.54) is 0 Å². The lowest BCUT2D eigenvalue weighted by Gasteiger charge is -2.13. The molecule has 21 heavy (non-hydrogen) atoms. The average molecular weight is 290 g/mol. The molecule has 0 aliphatic carbocycles. The molecule has 0 saturated carbocycles. The summed E-state index contributed by atoms with van der Waals surface area (Å²) in [5, 5.41) is 2.51. The second kappa shape index (κ2) is 6.45. The van der Waals surface area contributed by atoms with Gasteiger partial charge < -0.3 is 11.1 Å². The molecule has 3 nitrogen and oxygen atoms in total. The van der Waals surface area contributed by atoms with Gasteiger partial charge in [0.25, 0.3) is 0 Å². The first-order valence-corrected chi connectivity index (χ1v) is 6.51. The Morgan fingerprint density at radius 3 is 2.52 bits per heavy atom. The van der Waals surface area contributed by atoms with Crippen molar-refractivity contribution in [3.05, 3.63) is 70.8 Å². The maximum Gasteiger partial charge on any atom is 0.241 e. The highest BCUT2D eigenvalue weighted by atomic mass is 19.1. The lowest BCUT2D eigenvalue weighted by Crippen LogP contribution is -2.33. The first kappa shape index (κ1) is 15.1. The lowest BCUT2D eigenvalue weighted by molar-refractivity contribution is -0.122. The van der Waals surface area contributed by atoms with Crippen molar-refractivity contribution in [3.63, 3.8) is 0 Å². The van der Waals surface area contributed by atoms with Crippen molar-refractivity contribution < 1.29 is 13.6 Å². The van der Waals surface area contributed by atoms with Crippen molar-refractivity contribution in [2.24, 2.45) is 5.73 Å². The van der Waals surface area contributed by atoms with Crippen LogP contribution in [0.3, 0.4) is 0 Å². The molecule has 0 aromatic heterocycles. The largest absolute Gasteiger partial charge is 0.350 e. The average Bonchev–Trinajstić information content (AvgIpc) is 2.48. The van der Waals surface area contributed by atoms with E-state index in [1.807, 2.05) is 19.1 Å². The third-order valence-electron chi connectivity index (χ3n) is 3.18. The molecule has 0 saturated heterocycles. The van der Waals surface area contributed by atoms with Gasteiger partial charge in [0.15, 0.2) is 0 Å². The van der Waals surface area contributed by atoms with E-state index in [1.54, 1.807) is 12.1 Å². The first-order valence-electron chi connectivity index (χ1n) is 6.51. The molecule has 0 spiro atoms. The van der Waals surface area contributed by atoms with Crippen LogP contribution in [-0.4, -0.2) is 5.91 Å². The minimum Gasteiger partial charge on any atom is -0.350 e. The molecule has 0 aliphatic rings. The van der Waals surface area contributed by atoms with Gasteiger partial charge in [-0.2, -0.15) is 0 Å². The summed E-state index contributed by atoms with van der Waals surface area (Å²) in [6.45, 7) is 1.82. The second-order valence-corrected chi connectivity index (χ2v) is 4.84. The van der Waals surface area contributed by atoms with Crippen molar-refractivity contribution in [3.8, 4) is 0 Å². The van der Waals surface area contributed by atoms with Crippen molar-refractivity contribution in [1.82, 2.24) is 5.32 Å². The molecule has 0 radical (unpaired) electrons. The number of nitrogens with two attached hydrogens (primary N) is 1. The van der Waals surface area contributed by atoms with Gasteiger partial charge in [-0.1, -0.05) is 29.8 Å². The molecule has 1 amide bonds. The second-order valence-electron chi connectivity index (χ2n) is 4.84. The summed E-state index contributed by atoms with van der Waals surface area (Å²) >= 11 is 0. The Morgan fingerprint density at radius 2 is 1.86 bits per heavy atom. The number of halogens is 2. The number of nitrogens with one attached hydrogen (secondary N) is 1. The Kier molecular flexibility index (Phi) is 4.65. The van der Waals surface area contributed by atoms with Crippen molar-refractivity contribution in [2.45, 2.75) is 19.5 Å². The highest BCUT2D eigenvalue weighted by Gasteiger charge is 2.16. The smallest absolute Gasteiger partial charge is 0.241 e. The quantitative estimate of drug-likeness (QED) is 0.909. The molecule has 2 aromatic carbocycles. The van der Waals surface area contributed by atoms with E-state index in [0.717, 1.165) is 23.8 Å². The fourth-order valence-corrected chi connectivity index (χ4v) is 1.90. The van der Waals surface area contributed by atoms with Gasteiger partial charge in [-0.25, -0.2) is 8.78 Å². The molecule has 1 atom stereocenters. The van der Waals surface area contributed by atoms with Crippen LogP contribution >= 0.6 is 0 Å². The minimum absolute atomic E-state index is 0.0828. The number of rotatable bonds is 4. The summed E-state index contributed by atoms with van der Waals surface area (Å²) in [7, 11) is 0. The van der Waals surface area contributed by atoms with Gasteiger partial charge in [0.2, 0.25) is 5.91 Å². The van der Waals surface area contributed by atoms with E-state index < -0.39 is 23.6 Å². The van der Waals surface area contributed by atoms with E-state index in [4.69, 9.17) is 5.73 Å². The number of hydrogen-bond acceptors (Lipinski definition) is 2. The number of aryl methyl sites for hydroxylation is 1. The predicted molar refractivity (Wildman–Crippen MR) is 76.3 cm³/mol. The van der Waals surface area contributed by atoms with Gasteiger partial charge in [0.05, 0.1) is 0 Å². The number of hydrogen-bond donors (Lipinski definition) is 2. The molecule has 0 fully saturated rings. The molecule has 0 heterocycles. The highest BCUT2D eigenvalue weighted by molar-refractivity contribution is 5.82. The summed E-state index contributed by atoms with van der Waals surface area (Å²) in [4.78, 5) is 11.9. The number of amides is 1. The Labute approximate surface area is 121 Å². The summed E-state index contributed by atoms with van der Waals surface area (Å²) in [6.07, 6.45) is 0. The van der Waals surface area contributed by atoms with Crippen LogP contribution in [-0.2, 0) is 11.3 Å². The fraction of sp³-hybridized carbons (Fsp3) is 0.188. The fourth-order valence-electron chi connectivity index (χ4n) is 1.90. The molecule has 2 aromatic rings. The topological polar surface area (TPSA) is 55.1 Å². The summed E-state index contributed by atoms with van der Waals surface area (Å²) < 4.78 is 26.5. The Balaban J connectivity index is 2.01. The van der Waals surface area contributed by atoms with Crippen LogP contribution in [0.5, 0.6) is 0 Å². The Bertz CT molecular complexity index is 641. The van der Waals surface area contributed by atoms with E-state index in [0.29, 0.717) is 5.56 Å². The highest BCUT2D eigenvalue weighted by Crippen LogP contribution is 2.13. The third kappa shape index (κ3) is 3.86. The third-order valence-corrected chi connectivity index (χ3v) is 3.18. The summed E-state index contributed by atoms with van der Waals surface area (Å²) in [5.74, 6) is -1.56. The maximum atomic E-state index is 13.4. The predicted octanol–water partition coefficient (Wildman–Crippen LogP) is 2.59. The first-order chi connectivity index (χ1) is 9.97. The number of benzene rings is 2. The molecule has 0 bridgehead atoms. The zero-order chi connectivity index (χ0) is 15.4. The van der Waals surface area contributed by atoms with Crippen molar-refractivity contribution >= 4 is 5.91 Å². The zero-order valence-electron chi connectivity index (χ0n) is 11.6. The molecule has 110 valence electrons. The minimum atomic E-state index is -0.845. The lowest BCUT2D eigenvalue weighted by atomic mass is 10.1. The monoisotopic (exact) mass is 290 g/mol. The Morgan fingerprint density at radius 1 is 1.19 bits per heavy atom. The standard InChI is InChI=1S/C16H16F2N2O/c1-10-2-4-11(5-3-10)15(19)16(21)20-9-12-8-13(17)6-7-14(12)18/h2-8,15H,9,19H2,1H3,(H,20,21). The van der Waals surface area contributed by atoms with E-state index in [2.05, 4.69) is 5.32 Å². The van der Waals surface area contributed by atoms with Crippen LogP contribution in [0.1, 0.15) is 22.7 Å². The summed E-state index contributed by atoms with van der Waals surface area (Å²) in [5.41, 5.74) is 7.65. The van der Waals surface area contributed by atoms with Gasteiger partial charge in [-0.05, 0) is 30.7 Å². The van der Waals surface area contributed by atoms with Gasteiger partial charge in [0.1, 0.15) is 17.7 Å². The number of carbonyl (C=O) groups excluding carboxylic acids is 1.